The maximum Gasteiger partial charge on any atom is 0.319 e. The van der Waals surface area contributed by atoms with Gasteiger partial charge in [0.1, 0.15) is 0 Å². The van der Waals surface area contributed by atoms with E-state index in [0.717, 1.165) is 11.1 Å². The summed E-state index contributed by atoms with van der Waals surface area (Å²) in [6, 6.07) is 7.85. The van der Waals surface area contributed by atoms with Crippen molar-refractivity contribution in [1.82, 2.24) is 15.1 Å². The van der Waals surface area contributed by atoms with E-state index in [1.54, 1.807) is 11.9 Å². The number of ether oxygens (including phenoxy) is 1. The third-order valence-corrected chi connectivity index (χ3v) is 2.76. The van der Waals surface area contributed by atoms with Crippen molar-refractivity contribution >= 4 is 5.97 Å². The van der Waals surface area contributed by atoms with Gasteiger partial charge in [-0.15, -0.1) is 10.2 Å². The van der Waals surface area contributed by atoms with Crippen LogP contribution in [0.5, 0.6) is 0 Å². The van der Waals surface area contributed by atoms with Gasteiger partial charge >= 0.3 is 5.97 Å². The number of hydrogen-bond acceptors (Lipinski definition) is 6. The van der Waals surface area contributed by atoms with Crippen molar-refractivity contribution in [1.29, 1.82) is 0 Å². The summed E-state index contributed by atoms with van der Waals surface area (Å²) in [5.74, 6) is 0.647. The molecule has 0 fully saturated rings. The number of aryl methyl sites for hydroxylation is 1. The van der Waals surface area contributed by atoms with Gasteiger partial charge in [-0.05, 0) is 26.1 Å². The first-order chi connectivity index (χ1) is 9.58. The van der Waals surface area contributed by atoms with Crippen molar-refractivity contribution in [3.05, 3.63) is 35.7 Å². The van der Waals surface area contributed by atoms with Gasteiger partial charge in [0.2, 0.25) is 11.8 Å². The molecule has 0 N–H and O–H groups in total. The topological polar surface area (TPSA) is 68.5 Å². The van der Waals surface area contributed by atoms with E-state index in [2.05, 4.69) is 14.9 Å². The summed E-state index contributed by atoms with van der Waals surface area (Å²) < 4.78 is 10.2. The Kier molecular flexibility index (Phi) is 4.47. The Morgan fingerprint density at radius 3 is 2.90 bits per heavy atom. The fourth-order valence-electron chi connectivity index (χ4n) is 1.78. The molecule has 0 bridgehead atoms. The number of hydrogen-bond donors (Lipinski definition) is 0. The van der Waals surface area contributed by atoms with Crippen LogP contribution in [-0.4, -0.2) is 41.8 Å². The highest BCUT2D eigenvalue weighted by Crippen LogP contribution is 2.19. The number of carbonyl (C=O) groups excluding carboxylic acids is 1. The molecule has 0 aliphatic heterocycles. The standard InChI is InChI=1S/C14H17N3O3/c1-10-5-4-6-11(7-10)14-16-15-12(20-14)8-17(2)9-13(18)19-3/h4-7H,8-9H2,1-3H3. The van der Waals surface area contributed by atoms with Crippen LogP contribution < -0.4 is 0 Å². The van der Waals surface area contributed by atoms with E-state index in [-0.39, 0.29) is 12.5 Å². The first kappa shape index (κ1) is 14.2. The van der Waals surface area contributed by atoms with E-state index in [4.69, 9.17) is 4.42 Å². The third kappa shape index (κ3) is 3.64. The van der Waals surface area contributed by atoms with E-state index in [1.165, 1.54) is 7.11 Å². The number of rotatable bonds is 5. The smallest absolute Gasteiger partial charge is 0.319 e. The molecule has 0 amide bonds. The first-order valence-corrected chi connectivity index (χ1v) is 6.23. The van der Waals surface area contributed by atoms with Crippen LogP contribution in [0.15, 0.2) is 28.7 Å². The Hall–Kier alpha value is -2.21. The van der Waals surface area contributed by atoms with Crippen LogP contribution in [-0.2, 0) is 16.1 Å². The second-order valence-electron chi connectivity index (χ2n) is 4.62. The summed E-state index contributed by atoms with van der Waals surface area (Å²) >= 11 is 0. The lowest BCUT2D eigenvalue weighted by molar-refractivity contribution is -0.141. The van der Waals surface area contributed by atoms with Crippen LogP contribution in [0.25, 0.3) is 11.5 Å². The van der Waals surface area contributed by atoms with Gasteiger partial charge in [0, 0.05) is 5.56 Å². The lowest BCUT2D eigenvalue weighted by atomic mass is 10.1. The van der Waals surface area contributed by atoms with Crippen molar-refractivity contribution in [2.75, 3.05) is 20.7 Å². The molecule has 0 spiro atoms. The average Bonchev–Trinajstić information content (AvgIpc) is 2.87. The van der Waals surface area contributed by atoms with Gasteiger partial charge in [-0.2, -0.15) is 0 Å². The van der Waals surface area contributed by atoms with Crippen LogP contribution >= 0.6 is 0 Å². The minimum absolute atomic E-state index is 0.179. The Labute approximate surface area is 117 Å². The molecule has 6 heteroatoms. The molecule has 0 aliphatic rings. The Morgan fingerprint density at radius 1 is 1.40 bits per heavy atom. The molecule has 0 aliphatic carbocycles. The summed E-state index contributed by atoms with van der Waals surface area (Å²) in [5, 5.41) is 8.01. The number of nitrogens with zero attached hydrogens (tertiary/aromatic N) is 3. The van der Waals surface area contributed by atoms with E-state index in [1.807, 2.05) is 31.2 Å². The normalized spacial score (nSPS) is 10.8. The summed E-state index contributed by atoms with van der Waals surface area (Å²) in [5.41, 5.74) is 2.02. The van der Waals surface area contributed by atoms with E-state index < -0.39 is 0 Å². The van der Waals surface area contributed by atoms with E-state index in [9.17, 15) is 4.79 Å². The Balaban J connectivity index is 2.04. The molecule has 6 nitrogen and oxygen atoms in total. The van der Waals surface area contributed by atoms with Crippen molar-refractivity contribution in [3.8, 4) is 11.5 Å². The number of benzene rings is 1. The van der Waals surface area contributed by atoms with Crippen LogP contribution in [0.4, 0.5) is 0 Å². The van der Waals surface area contributed by atoms with Gasteiger partial charge in [0.25, 0.3) is 0 Å². The zero-order valence-corrected chi connectivity index (χ0v) is 11.8. The van der Waals surface area contributed by atoms with Crippen LogP contribution in [0, 0.1) is 6.92 Å². The van der Waals surface area contributed by atoms with Crippen molar-refractivity contribution in [2.24, 2.45) is 0 Å². The van der Waals surface area contributed by atoms with Crippen LogP contribution in [0.2, 0.25) is 0 Å². The highest BCUT2D eigenvalue weighted by molar-refractivity contribution is 5.71. The van der Waals surface area contributed by atoms with Gasteiger partial charge in [-0.3, -0.25) is 9.69 Å². The van der Waals surface area contributed by atoms with Crippen molar-refractivity contribution in [3.63, 3.8) is 0 Å². The predicted molar refractivity (Wildman–Crippen MR) is 72.8 cm³/mol. The molecular formula is C14H17N3O3. The zero-order chi connectivity index (χ0) is 14.5. The molecule has 1 aromatic carbocycles. The van der Waals surface area contributed by atoms with Crippen molar-refractivity contribution < 1.29 is 13.9 Å². The molecule has 0 saturated heterocycles. The maximum atomic E-state index is 11.1. The van der Waals surface area contributed by atoms with Crippen LogP contribution in [0.1, 0.15) is 11.5 Å². The van der Waals surface area contributed by atoms with Gasteiger partial charge in [0.15, 0.2) is 0 Å². The summed E-state index contributed by atoms with van der Waals surface area (Å²) in [4.78, 5) is 12.9. The minimum atomic E-state index is -0.300. The average molecular weight is 275 g/mol. The molecule has 20 heavy (non-hydrogen) atoms. The SMILES string of the molecule is COC(=O)CN(C)Cc1nnc(-c2cccc(C)c2)o1. The molecule has 0 radical (unpaired) electrons. The molecule has 2 rings (SSSR count). The Morgan fingerprint density at radius 2 is 2.20 bits per heavy atom. The second-order valence-corrected chi connectivity index (χ2v) is 4.62. The van der Waals surface area contributed by atoms with Gasteiger partial charge in [-0.25, -0.2) is 0 Å². The highest BCUT2D eigenvalue weighted by atomic mass is 16.5. The Bertz CT molecular complexity index is 595. The van der Waals surface area contributed by atoms with Gasteiger partial charge in [-0.1, -0.05) is 17.7 Å². The molecule has 1 aromatic heterocycles. The lowest BCUT2D eigenvalue weighted by Crippen LogP contribution is -2.26. The monoisotopic (exact) mass is 275 g/mol. The van der Waals surface area contributed by atoms with Gasteiger partial charge in [0.05, 0.1) is 20.2 Å². The third-order valence-electron chi connectivity index (χ3n) is 2.76. The number of likely N-dealkylation sites (N-methyl/N-ethyl adjacent to an activating group) is 1. The summed E-state index contributed by atoms with van der Waals surface area (Å²) in [7, 11) is 3.15. The maximum absolute atomic E-state index is 11.1. The molecule has 1 heterocycles. The predicted octanol–water partition coefficient (Wildman–Crippen LogP) is 1.65. The van der Waals surface area contributed by atoms with Crippen LogP contribution in [0.3, 0.4) is 0 Å². The summed E-state index contributed by atoms with van der Waals surface area (Å²) in [6.07, 6.45) is 0. The molecule has 106 valence electrons. The molecule has 0 atom stereocenters. The molecule has 0 unspecified atom stereocenters. The number of aromatic nitrogens is 2. The van der Waals surface area contributed by atoms with Crippen molar-refractivity contribution in [2.45, 2.75) is 13.5 Å². The summed E-state index contributed by atoms with van der Waals surface area (Å²) in [6.45, 7) is 2.58. The molecule has 2 aromatic rings. The molecular weight excluding hydrogens is 258 g/mol. The second kappa shape index (κ2) is 6.29. The van der Waals surface area contributed by atoms with Gasteiger partial charge < -0.3 is 9.15 Å². The fraction of sp³-hybridized carbons (Fsp3) is 0.357. The number of methoxy groups -OCH3 is 1. The first-order valence-electron chi connectivity index (χ1n) is 6.23. The largest absolute Gasteiger partial charge is 0.468 e. The lowest BCUT2D eigenvalue weighted by Gasteiger charge is -2.11. The molecule has 0 saturated carbocycles. The van der Waals surface area contributed by atoms with E-state index >= 15 is 0 Å². The quantitative estimate of drug-likeness (QED) is 0.773. The number of carbonyl (C=O) groups is 1. The fourth-order valence-corrected chi connectivity index (χ4v) is 1.78. The highest BCUT2D eigenvalue weighted by Gasteiger charge is 2.12. The minimum Gasteiger partial charge on any atom is -0.468 e. The zero-order valence-electron chi connectivity index (χ0n) is 11.8. The van der Waals surface area contributed by atoms with E-state index in [0.29, 0.717) is 18.3 Å². The number of esters is 1.